The van der Waals surface area contributed by atoms with E-state index in [2.05, 4.69) is 31.3 Å². The fourth-order valence-corrected chi connectivity index (χ4v) is 3.45. The number of thiophene rings is 1. The van der Waals surface area contributed by atoms with Gasteiger partial charge in [0.15, 0.2) is 18.0 Å². The highest BCUT2D eigenvalue weighted by atomic mass is 79.9. The average Bonchev–Trinajstić information content (AvgIpc) is 3.23. The van der Waals surface area contributed by atoms with Crippen LogP contribution >= 0.6 is 27.3 Å². The van der Waals surface area contributed by atoms with E-state index >= 15 is 0 Å². The first-order valence-electron chi connectivity index (χ1n) is 7.20. The van der Waals surface area contributed by atoms with Crippen LogP contribution in [0, 0.1) is 5.21 Å². The standard InChI is InChI=1S/C16H12BrN5OS/c17-12-9-19-22-15(18-8-11-3-1-5-21(23)10-11)7-13(20-16(12)22)14-4-2-6-24-14/h1-7,9-10,18H,8H2. The summed E-state index contributed by atoms with van der Waals surface area (Å²) < 4.78 is 3.37. The van der Waals surface area contributed by atoms with Gasteiger partial charge in [-0.3, -0.25) is 0 Å². The SMILES string of the molecule is [O-][n+]1cccc(CNc2cc(-c3cccs3)nc3c(Br)cnn23)c1. The molecular weight excluding hydrogens is 390 g/mol. The lowest BCUT2D eigenvalue weighted by Gasteiger charge is -2.10. The van der Waals surface area contributed by atoms with Crippen molar-refractivity contribution in [3.63, 3.8) is 0 Å². The molecule has 4 heterocycles. The molecule has 0 saturated carbocycles. The van der Waals surface area contributed by atoms with Gasteiger partial charge in [0.2, 0.25) is 0 Å². The van der Waals surface area contributed by atoms with E-state index in [1.165, 1.54) is 6.20 Å². The molecule has 1 N–H and O–H groups in total. The van der Waals surface area contributed by atoms with Crippen molar-refractivity contribution in [2.24, 2.45) is 0 Å². The molecule has 0 spiro atoms. The number of aromatic nitrogens is 4. The van der Waals surface area contributed by atoms with Gasteiger partial charge in [-0.05, 0) is 33.4 Å². The van der Waals surface area contributed by atoms with Crippen LogP contribution in [0.15, 0.2) is 58.8 Å². The van der Waals surface area contributed by atoms with Crippen LogP contribution in [0.25, 0.3) is 16.2 Å². The van der Waals surface area contributed by atoms with Crippen LogP contribution in [0.2, 0.25) is 0 Å². The van der Waals surface area contributed by atoms with Crippen LogP contribution < -0.4 is 10.0 Å². The highest BCUT2D eigenvalue weighted by Gasteiger charge is 2.12. The predicted octanol–water partition coefficient (Wildman–Crippen LogP) is 3.47. The molecule has 0 bridgehead atoms. The van der Waals surface area contributed by atoms with Crippen LogP contribution in [0.5, 0.6) is 0 Å². The third kappa shape index (κ3) is 2.85. The first-order valence-corrected chi connectivity index (χ1v) is 8.88. The van der Waals surface area contributed by atoms with E-state index < -0.39 is 0 Å². The van der Waals surface area contributed by atoms with Crippen molar-refractivity contribution in [3.8, 4) is 10.6 Å². The Labute approximate surface area is 150 Å². The molecule has 0 atom stereocenters. The highest BCUT2D eigenvalue weighted by Crippen LogP contribution is 2.28. The van der Waals surface area contributed by atoms with E-state index in [-0.39, 0.29) is 0 Å². The van der Waals surface area contributed by atoms with Gasteiger partial charge in [0.05, 0.1) is 21.2 Å². The Kier molecular flexibility index (Phi) is 3.91. The van der Waals surface area contributed by atoms with Crippen LogP contribution in [-0.4, -0.2) is 14.6 Å². The van der Waals surface area contributed by atoms with Crippen LogP contribution in [0.1, 0.15) is 5.56 Å². The third-order valence-electron chi connectivity index (χ3n) is 3.51. The Bertz CT molecular complexity index is 999. The van der Waals surface area contributed by atoms with Gasteiger partial charge >= 0.3 is 0 Å². The third-order valence-corrected chi connectivity index (χ3v) is 4.96. The summed E-state index contributed by atoms with van der Waals surface area (Å²) in [4.78, 5) is 5.77. The molecule has 24 heavy (non-hydrogen) atoms. The van der Waals surface area contributed by atoms with Gasteiger partial charge in [-0.2, -0.15) is 14.3 Å². The van der Waals surface area contributed by atoms with Gasteiger partial charge in [0.25, 0.3) is 0 Å². The summed E-state index contributed by atoms with van der Waals surface area (Å²) in [5, 5.41) is 21.1. The summed E-state index contributed by atoms with van der Waals surface area (Å²) in [6, 6.07) is 9.63. The zero-order valence-corrected chi connectivity index (χ0v) is 14.8. The summed E-state index contributed by atoms with van der Waals surface area (Å²) in [5.41, 5.74) is 2.52. The first kappa shape index (κ1) is 15.1. The molecule has 4 rings (SSSR count). The molecule has 0 fully saturated rings. The molecule has 0 amide bonds. The molecule has 0 saturated heterocycles. The minimum Gasteiger partial charge on any atom is -0.619 e. The van der Waals surface area contributed by atoms with Gasteiger partial charge in [-0.15, -0.1) is 11.3 Å². The number of nitrogens with zero attached hydrogens (tertiary/aromatic N) is 4. The average molecular weight is 402 g/mol. The number of anilines is 1. The van der Waals surface area contributed by atoms with Gasteiger partial charge in [0, 0.05) is 24.2 Å². The molecule has 120 valence electrons. The first-order chi connectivity index (χ1) is 11.7. The molecule has 0 unspecified atom stereocenters. The fourth-order valence-electron chi connectivity index (χ4n) is 2.41. The van der Waals surface area contributed by atoms with Crippen LogP contribution in [0.4, 0.5) is 5.82 Å². The van der Waals surface area contributed by atoms with E-state index in [1.54, 1.807) is 34.3 Å². The van der Waals surface area contributed by atoms with E-state index in [0.717, 1.165) is 36.8 Å². The molecule has 4 aromatic rings. The Morgan fingerprint density at radius 3 is 3.04 bits per heavy atom. The second-order valence-corrected chi connectivity index (χ2v) is 6.96. The Hall–Kier alpha value is -2.45. The number of hydrogen-bond acceptors (Lipinski definition) is 5. The van der Waals surface area contributed by atoms with Gasteiger partial charge in [-0.1, -0.05) is 6.07 Å². The van der Waals surface area contributed by atoms with E-state index in [4.69, 9.17) is 0 Å². The Morgan fingerprint density at radius 2 is 2.25 bits per heavy atom. The van der Waals surface area contributed by atoms with Crippen molar-refractivity contribution in [2.45, 2.75) is 6.54 Å². The Morgan fingerprint density at radius 1 is 1.33 bits per heavy atom. The molecule has 0 aliphatic carbocycles. The molecule has 0 aliphatic rings. The van der Waals surface area contributed by atoms with Gasteiger partial charge in [0.1, 0.15) is 5.82 Å². The van der Waals surface area contributed by atoms with Crippen molar-refractivity contribution in [2.75, 3.05) is 5.32 Å². The summed E-state index contributed by atoms with van der Waals surface area (Å²) in [6.07, 6.45) is 4.73. The zero-order chi connectivity index (χ0) is 16.5. The summed E-state index contributed by atoms with van der Waals surface area (Å²) >= 11 is 5.13. The number of rotatable bonds is 4. The number of nitrogens with one attached hydrogen (secondary N) is 1. The smallest absolute Gasteiger partial charge is 0.185 e. The lowest BCUT2D eigenvalue weighted by molar-refractivity contribution is -0.605. The largest absolute Gasteiger partial charge is 0.619 e. The van der Waals surface area contributed by atoms with E-state index in [0.29, 0.717) is 6.54 Å². The van der Waals surface area contributed by atoms with Crippen LogP contribution in [-0.2, 0) is 6.54 Å². The zero-order valence-electron chi connectivity index (χ0n) is 12.4. The summed E-state index contributed by atoms with van der Waals surface area (Å²) in [7, 11) is 0. The highest BCUT2D eigenvalue weighted by molar-refractivity contribution is 9.10. The maximum Gasteiger partial charge on any atom is 0.185 e. The second kappa shape index (κ2) is 6.21. The molecule has 0 aliphatic heterocycles. The Balaban J connectivity index is 1.73. The number of hydrogen-bond donors (Lipinski definition) is 1. The molecule has 0 radical (unpaired) electrons. The minimum absolute atomic E-state index is 0.517. The topological polar surface area (TPSA) is 69.2 Å². The van der Waals surface area contributed by atoms with Crippen molar-refractivity contribution in [1.82, 2.24) is 14.6 Å². The molecule has 0 aromatic carbocycles. The normalized spacial score (nSPS) is 11.0. The quantitative estimate of drug-likeness (QED) is 0.419. The minimum atomic E-state index is 0.517. The van der Waals surface area contributed by atoms with E-state index in [1.807, 2.05) is 29.6 Å². The van der Waals surface area contributed by atoms with Gasteiger partial charge < -0.3 is 10.5 Å². The van der Waals surface area contributed by atoms with Gasteiger partial charge in [-0.25, -0.2) is 4.98 Å². The van der Waals surface area contributed by atoms with Crippen molar-refractivity contribution in [3.05, 3.63) is 69.5 Å². The molecule has 4 aromatic heterocycles. The number of fused-ring (bicyclic) bond motifs is 1. The maximum absolute atomic E-state index is 11.4. The lowest BCUT2D eigenvalue weighted by atomic mass is 10.3. The van der Waals surface area contributed by atoms with Crippen LogP contribution in [0.3, 0.4) is 0 Å². The molecule has 8 heteroatoms. The van der Waals surface area contributed by atoms with Crippen molar-refractivity contribution in [1.29, 1.82) is 0 Å². The molecule has 6 nitrogen and oxygen atoms in total. The van der Waals surface area contributed by atoms with Crippen molar-refractivity contribution >= 4 is 38.7 Å². The fraction of sp³-hybridized carbons (Fsp3) is 0.0625. The maximum atomic E-state index is 11.4. The number of halogens is 1. The number of pyridine rings is 1. The van der Waals surface area contributed by atoms with E-state index in [9.17, 15) is 5.21 Å². The summed E-state index contributed by atoms with van der Waals surface area (Å²) in [6.45, 7) is 0.517. The lowest BCUT2D eigenvalue weighted by Crippen LogP contribution is -2.25. The van der Waals surface area contributed by atoms with Crippen molar-refractivity contribution < 1.29 is 4.73 Å². The monoisotopic (exact) mass is 401 g/mol. The molecular formula is C16H12BrN5OS. The predicted molar refractivity (Wildman–Crippen MR) is 96.7 cm³/mol. The summed E-state index contributed by atoms with van der Waals surface area (Å²) in [5.74, 6) is 0.815. The second-order valence-electron chi connectivity index (χ2n) is 5.16.